The summed E-state index contributed by atoms with van der Waals surface area (Å²) < 4.78 is 5.04. The average molecular weight is 281 g/mol. The van der Waals surface area contributed by atoms with Gasteiger partial charge in [0.15, 0.2) is 0 Å². The number of nitro groups is 1. The van der Waals surface area contributed by atoms with Gasteiger partial charge in [-0.3, -0.25) is 10.1 Å². The van der Waals surface area contributed by atoms with Crippen molar-refractivity contribution in [3.05, 3.63) is 64.0 Å². The van der Waals surface area contributed by atoms with Crippen molar-refractivity contribution in [3.63, 3.8) is 0 Å². The molecule has 0 unspecified atom stereocenters. The molecule has 6 heteroatoms. The van der Waals surface area contributed by atoms with Gasteiger partial charge < -0.3 is 10.2 Å². The molecule has 0 saturated carbocycles. The topological polar surface area (TPSA) is 95.2 Å². The van der Waals surface area contributed by atoms with Gasteiger partial charge in [-0.05, 0) is 42.5 Å². The highest BCUT2D eigenvalue weighted by Crippen LogP contribution is 2.21. The van der Waals surface area contributed by atoms with Gasteiger partial charge in [-0.25, -0.2) is 4.98 Å². The van der Waals surface area contributed by atoms with E-state index >= 15 is 0 Å². The van der Waals surface area contributed by atoms with E-state index in [2.05, 4.69) is 4.98 Å². The molecule has 21 heavy (non-hydrogen) atoms. The number of nitrogen functional groups attached to an aromatic ring is 1. The van der Waals surface area contributed by atoms with Gasteiger partial charge in [-0.15, -0.1) is 0 Å². The summed E-state index contributed by atoms with van der Waals surface area (Å²) in [7, 11) is 0. The van der Waals surface area contributed by atoms with Gasteiger partial charge in [0.2, 0.25) is 0 Å². The molecule has 0 aliphatic rings. The van der Waals surface area contributed by atoms with E-state index in [0.717, 1.165) is 10.9 Å². The Morgan fingerprint density at radius 1 is 1.14 bits per heavy atom. The maximum absolute atomic E-state index is 10.5. The Morgan fingerprint density at radius 2 is 2.00 bits per heavy atom. The number of benzene rings is 1. The van der Waals surface area contributed by atoms with Crippen LogP contribution in [0, 0.1) is 10.1 Å². The molecule has 2 aromatic heterocycles. The average Bonchev–Trinajstić information content (AvgIpc) is 2.94. The first-order valence-electron chi connectivity index (χ1n) is 6.21. The Balaban J connectivity index is 1.90. The Hall–Kier alpha value is -3.15. The minimum atomic E-state index is -0.575. The molecule has 0 aliphatic carbocycles. The molecule has 0 spiro atoms. The maximum Gasteiger partial charge on any atom is 0.433 e. The number of pyridine rings is 1. The van der Waals surface area contributed by atoms with Crippen molar-refractivity contribution in [2.75, 3.05) is 5.73 Å². The van der Waals surface area contributed by atoms with E-state index in [4.69, 9.17) is 10.2 Å². The van der Waals surface area contributed by atoms with E-state index < -0.39 is 4.92 Å². The molecular formula is C15H11N3O3. The quantitative estimate of drug-likeness (QED) is 0.450. The largest absolute Gasteiger partial charge is 0.433 e. The third-order valence-electron chi connectivity index (χ3n) is 3.00. The predicted molar refractivity (Wildman–Crippen MR) is 80.4 cm³/mol. The molecule has 6 nitrogen and oxygen atoms in total. The zero-order valence-corrected chi connectivity index (χ0v) is 10.9. The molecule has 3 aromatic rings. The third kappa shape index (κ3) is 2.59. The van der Waals surface area contributed by atoms with E-state index in [1.165, 1.54) is 12.1 Å². The monoisotopic (exact) mass is 281 g/mol. The highest BCUT2D eigenvalue weighted by molar-refractivity contribution is 5.90. The van der Waals surface area contributed by atoms with Crippen LogP contribution < -0.4 is 5.73 Å². The summed E-state index contributed by atoms with van der Waals surface area (Å²) in [5, 5.41) is 11.4. The van der Waals surface area contributed by atoms with Crippen LogP contribution in [0.15, 0.2) is 46.9 Å². The molecule has 2 heterocycles. The fourth-order valence-electron chi connectivity index (χ4n) is 1.98. The summed E-state index contributed by atoms with van der Waals surface area (Å²) in [4.78, 5) is 14.4. The van der Waals surface area contributed by atoms with Crippen LogP contribution in [0.3, 0.4) is 0 Å². The highest BCUT2D eigenvalue weighted by Gasteiger charge is 2.09. The molecule has 0 amide bonds. The molecule has 0 fully saturated rings. The fraction of sp³-hybridized carbons (Fsp3) is 0. The molecule has 0 aliphatic heterocycles. The minimum Gasteiger partial charge on any atom is -0.401 e. The van der Waals surface area contributed by atoms with Crippen molar-refractivity contribution in [1.82, 2.24) is 4.98 Å². The molecular weight excluding hydrogens is 270 g/mol. The molecule has 1 aromatic carbocycles. The lowest BCUT2D eigenvalue weighted by Crippen LogP contribution is -1.89. The molecule has 3 rings (SSSR count). The number of nitrogens with zero attached hydrogens (tertiary/aromatic N) is 2. The lowest BCUT2D eigenvalue weighted by molar-refractivity contribution is -0.402. The maximum atomic E-state index is 10.5. The van der Waals surface area contributed by atoms with Crippen LogP contribution in [-0.4, -0.2) is 9.91 Å². The summed E-state index contributed by atoms with van der Waals surface area (Å²) in [6.45, 7) is 0. The van der Waals surface area contributed by atoms with Gasteiger partial charge in [0.1, 0.15) is 10.7 Å². The molecule has 0 atom stereocenters. The number of furan rings is 1. The van der Waals surface area contributed by atoms with Crippen molar-refractivity contribution in [2.24, 2.45) is 0 Å². The van der Waals surface area contributed by atoms with Crippen molar-refractivity contribution in [1.29, 1.82) is 0 Å². The van der Waals surface area contributed by atoms with Gasteiger partial charge in [0.25, 0.3) is 0 Å². The van der Waals surface area contributed by atoms with Crippen molar-refractivity contribution in [3.8, 4) is 0 Å². The van der Waals surface area contributed by atoms with Crippen molar-refractivity contribution >= 4 is 34.6 Å². The van der Waals surface area contributed by atoms with Crippen LogP contribution >= 0.6 is 0 Å². The van der Waals surface area contributed by atoms with Gasteiger partial charge in [0.05, 0.1) is 17.3 Å². The summed E-state index contributed by atoms with van der Waals surface area (Å²) in [5.41, 5.74) is 8.05. The molecule has 0 radical (unpaired) electrons. The molecule has 104 valence electrons. The first kappa shape index (κ1) is 12.9. The highest BCUT2D eigenvalue weighted by atomic mass is 16.6. The van der Waals surface area contributed by atoms with Gasteiger partial charge in [-0.1, -0.05) is 6.07 Å². The number of fused-ring (bicyclic) bond motifs is 1. The second-order valence-electron chi connectivity index (χ2n) is 4.42. The van der Waals surface area contributed by atoms with E-state index in [-0.39, 0.29) is 5.88 Å². The summed E-state index contributed by atoms with van der Waals surface area (Å²) in [6.07, 6.45) is 3.36. The Morgan fingerprint density at radius 3 is 2.76 bits per heavy atom. The Kier molecular flexibility index (Phi) is 3.12. The first-order chi connectivity index (χ1) is 10.1. The standard InChI is InChI=1S/C15H11N3O3/c16-13-2-1-3-14-12(13)8-5-10(17-14)4-6-11-7-9-15(21-11)18(19)20/h1-9H,16H2. The number of anilines is 1. The number of nitrogens with two attached hydrogens (primary N) is 1. The lowest BCUT2D eigenvalue weighted by atomic mass is 10.1. The lowest BCUT2D eigenvalue weighted by Gasteiger charge is -2.01. The number of hydrogen-bond donors (Lipinski definition) is 1. The van der Waals surface area contributed by atoms with Crippen LogP contribution in [0.25, 0.3) is 23.1 Å². The van der Waals surface area contributed by atoms with Crippen molar-refractivity contribution < 1.29 is 9.34 Å². The Labute approximate surface area is 119 Å². The van der Waals surface area contributed by atoms with E-state index in [1.807, 2.05) is 30.3 Å². The molecule has 0 bridgehead atoms. The van der Waals surface area contributed by atoms with Crippen LogP contribution in [0.5, 0.6) is 0 Å². The Bertz CT molecular complexity index is 852. The second-order valence-corrected chi connectivity index (χ2v) is 4.42. The van der Waals surface area contributed by atoms with Crippen molar-refractivity contribution in [2.45, 2.75) is 0 Å². The fourth-order valence-corrected chi connectivity index (χ4v) is 1.98. The van der Waals surface area contributed by atoms with E-state index in [0.29, 0.717) is 17.1 Å². The smallest absolute Gasteiger partial charge is 0.401 e. The molecule has 2 N–H and O–H groups in total. The third-order valence-corrected chi connectivity index (χ3v) is 3.00. The van der Waals surface area contributed by atoms with E-state index in [9.17, 15) is 10.1 Å². The van der Waals surface area contributed by atoms with Crippen LogP contribution in [0.1, 0.15) is 11.5 Å². The summed E-state index contributed by atoms with van der Waals surface area (Å²) in [6, 6.07) is 12.1. The molecule has 0 saturated heterocycles. The minimum absolute atomic E-state index is 0.283. The van der Waals surface area contributed by atoms with Gasteiger partial charge in [0, 0.05) is 11.1 Å². The number of rotatable bonds is 3. The van der Waals surface area contributed by atoms with Gasteiger partial charge in [-0.2, -0.15) is 0 Å². The number of hydrogen-bond acceptors (Lipinski definition) is 5. The van der Waals surface area contributed by atoms with E-state index in [1.54, 1.807) is 12.2 Å². The van der Waals surface area contributed by atoms with Crippen LogP contribution in [0.4, 0.5) is 11.6 Å². The van der Waals surface area contributed by atoms with Crippen LogP contribution in [0.2, 0.25) is 0 Å². The normalized spacial score (nSPS) is 11.2. The van der Waals surface area contributed by atoms with Gasteiger partial charge >= 0.3 is 5.88 Å². The summed E-state index contributed by atoms with van der Waals surface area (Å²) >= 11 is 0. The SMILES string of the molecule is Nc1cccc2nc(C=Cc3ccc([N+](=O)[O-])o3)ccc12. The number of aromatic nitrogens is 1. The predicted octanol–water partition coefficient (Wildman–Crippen LogP) is 3.49. The zero-order chi connectivity index (χ0) is 14.8. The first-order valence-corrected chi connectivity index (χ1v) is 6.21. The van der Waals surface area contributed by atoms with Crippen LogP contribution in [-0.2, 0) is 0 Å². The summed E-state index contributed by atoms with van der Waals surface area (Å²) in [5.74, 6) is 0.116. The zero-order valence-electron chi connectivity index (χ0n) is 10.9. The second kappa shape index (κ2) is 5.09.